The van der Waals surface area contributed by atoms with E-state index in [9.17, 15) is 9.59 Å². The SMILES string of the molecule is COC(=O)C(CCCN)CC(C)(N)C(=O)OCC1CO1. The first-order valence-electron chi connectivity index (χ1n) is 6.76. The van der Waals surface area contributed by atoms with Crippen LogP contribution in [0.4, 0.5) is 0 Å². The Morgan fingerprint density at radius 3 is 2.65 bits per heavy atom. The third-order valence-electron chi connectivity index (χ3n) is 3.23. The molecule has 7 heteroatoms. The second-order valence-corrected chi connectivity index (χ2v) is 5.33. The third-order valence-corrected chi connectivity index (χ3v) is 3.23. The maximum Gasteiger partial charge on any atom is 0.325 e. The summed E-state index contributed by atoms with van der Waals surface area (Å²) in [4.78, 5) is 23.6. The van der Waals surface area contributed by atoms with Crippen LogP contribution >= 0.6 is 0 Å². The van der Waals surface area contributed by atoms with Crippen LogP contribution in [0.2, 0.25) is 0 Å². The number of rotatable bonds is 9. The molecular formula is C13H24N2O5. The lowest BCUT2D eigenvalue weighted by Gasteiger charge is -2.26. The topological polar surface area (TPSA) is 117 Å². The summed E-state index contributed by atoms with van der Waals surface area (Å²) in [6, 6.07) is 0. The van der Waals surface area contributed by atoms with Gasteiger partial charge in [-0.05, 0) is 32.7 Å². The van der Waals surface area contributed by atoms with Crippen LogP contribution in [-0.4, -0.2) is 50.4 Å². The first-order chi connectivity index (χ1) is 9.40. The molecule has 1 aliphatic heterocycles. The maximum atomic E-state index is 11.9. The number of methoxy groups -OCH3 is 1. The smallest absolute Gasteiger partial charge is 0.325 e. The second-order valence-electron chi connectivity index (χ2n) is 5.33. The molecule has 1 heterocycles. The van der Waals surface area contributed by atoms with Gasteiger partial charge >= 0.3 is 11.9 Å². The molecule has 1 saturated heterocycles. The van der Waals surface area contributed by atoms with Crippen molar-refractivity contribution in [3.63, 3.8) is 0 Å². The molecule has 0 aromatic heterocycles. The average molecular weight is 288 g/mol. The molecule has 0 radical (unpaired) electrons. The zero-order valence-electron chi connectivity index (χ0n) is 12.1. The molecule has 1 rings (SSSR count). The first kappa shape index (κ1) is 16.9. The summed E-state index contributed by atoms with van der Waals surface area (Å²) >= 11 is 0. The Morgan fingerprint density at radius 1 is 1.50 bits per heavy atom. The van der Waals surface area contributed by atoms with Gasteiger partial charge in [-0.25, -0.2) is 0 Å². The number of ether oxygens (including phenoxy) is 3. The molecule has 3 atom stereocenters. The highest BCUT2D eigenvalue weighted by Crippen LogP contribution is 2.22. The van der Waals surface area contributed by atoms with E-state index in [1.54, 1.807) is 6.92 Å². The fraction of sp³-hybridized carbons (Fsp3) is 0.846. The second kappa shape index (κ2) is 7.56. The minimum Gasteiger partial charge on any atom is -0.469 e. The predicted molar refractivity (Wildman–Crippen MR) is 71.7 cm³/mol. The number of nitrogens with two attached hydrogens (primary N) is 2. The van der Waals surface area contributed by atoms with Gasteiger partial charge in [-0.15, -0.1) is 0 Å². The van der Waals surface area contributed by atoms with Gasteiger partial charge in [-0.2, -0.15) is 0 Å². The number of epoxide rings is 1. The molecule has 20 heavy (non-hydrogen) atoms. The molecule has 0 spiro atoms. The summed E-state index contributed by atoms with van der Waals surface area (Å²) in [5, 5.41) is 0. The largest absolute Gasteiger partial charge is 0.469 e. The number of hydrogen-bond acceptors (Lipinski definition) is 7. The van der Waals surface area contributed by atoms with Gasteiger partial charge in [-0.3, -0.25) is 9.59 Å². The monoisotopic (exact) mass is 288 g/mol. The van der Waals surface area contributed by atoms with Gasteiger partial charge in [0, 0.05) is 0 Å². The molecule has 7 nitrogen and oxygen atoms in total. The van der Waals surface area contributed by atoms with Gasteiger partial charge in [0.2, 0.25) is 0 Å². The third kappa shape index (κ3) is 5.44. The lowest BCUT2D eigenvalue weighted by atomic mass is 9.87. The number of esters is 2. The van der Waals surface area contributed by atoms with Crippen molar-refractivity contribution in [2.75, 3.05) is 26.9 Å². The molecule has 1 fully saturated rings. The minimum atomic E-state index is -1.23. The van der Waals surface area contributed by atoms with Crippen LogP contribution in [0.1, 0.15) is 26.2 Å². The van der Waals surface area contributed by atoms with E-state index < -0.39 is 17.4 Å². The molecular weight excluding hydrogens is 264 g/mol. The number of carbonyl (C=O) groups excluding carboxylic acids is 2. The van der Waals surface area contributed by atoms with Crippen molar-refractivity contribution in [2.45, 2.75) is 37.8 Å². The highest BCUT2D eigenvalue weighted by Gasteiger charge is 2.37. The van der Waals surface area contributed by atoms with Gasteiger partial charge in [0.05, 0.1) is 19.6 Å². The Labute approximate surface area is 118 Å². The van der Waals surface area contributed by atoms with Crippen LogP contribution in [0.25, 0.3) is 0 Å². The van der Waals surface area contributed by atoms with Crippen LogP contribution in [0.15, 0.2) is 0 Å². The molecule has 0 aromatic rings. The van der Waals surface area contributed by atoms with Gasteiger partial charge in [0.15, 0.2) is 0 Å². The summed E-state index contributed by atoms with van der Waals surface area (Å²) in [6.45, 7) is 2.84. The van der Waals surface area contributed by atoms with E-state index in [1.165, 1.54) is 7.11 Å². The van der Waals surface area contributed by atoms with Crippen molar-refractivity contribution < 1.29 is 23.8 Å². The zero-order chi connectivity index (χ0) is 15.2. The molecule has 3 unspecified atom stereocenters. The first-order valence-corrected chi connectivity index (χ1v) is 6.76. The van der Waals surface area contributed by atoms with Gasteiger partial charge in [-0.1, -0.05) is 0 Å². The number of hydrogen-bond donors (Lipinski definition) is 2. The highest BCUT2D eigenvalue weighted by atomic mass is 16.6. The van der Waals surface area contributed by atoms with Crippen LogP contribution in [0, 0.1) is 5.92 Å². The van der Waals surface area contributed by atoms with E-state index in [0.717, 1.165) is 0 Å². The van der Waals surface area contributed by atoms with Crippen molar-refractivity contribution in [2.24, 2.45) is 17.4 Å². The molecule has 0 aromatic carbocycles. The van der Waals surface area contributed by atoms with Crippen molar-refractivity contribution in [1.29, 1.82) is 0 Å². The van der Waals surface area contributed by atoms with Crippen molar-refractivity contribution in [3.05, 3.63) is 0 Å². The number of carbonyl (C=O) groups is 2. The van der Waals surface area contributed by atoms with E-state index >= 15 is 0 Å². The molecule has 116 valence electrons. The quantitative estimate of drug-likeness (QED) is 0.436. The van der Waals surface area contributed by atoms with E-state index in [1.807, 2.05) is 0 Å². The van der Waals surface area contributed by atoms with Crippen molar-refractivity contribution >= 4 is 11.9 Å². The fourth-order valence-corrected chi connectivity index (χ4v) is 1.93. The molecule has 0 amide bonds. The van der Waals surface area contributed by atoms with Gasteiger partial charge in [0.25, 0.3) is 0 Å². The summed E-state index contributed by atoms with van der Waals surface area (Å²) in [5.41, 5.74) is 10.2. The van der Waals surface area contributed by atoms with E-state index in [2.05, 4.69) is 0 Å². The van der Waals surface area contributed by atoms with Crippen LogP contribution in [0.3, 0.4) is 0 Å². The van der Waals surface area contributed by atoms with Crippen LogP contribution < -0.4 is 11.5 Å². The summed E-state index contributed by atoms with van der Waals surface area (Å²) in [6.07, 6.45) is 1.36. The molecule has 0 bridgehead atoms. The summed E-state index contributed by atoms with van der Waals surface area (Å²) in [7, 11) is 1.31. The van der Waals surface area contributed by atoms with Crippen molar-refractivity contribution in [1.82, 2.24) is 0 Å². The average Bonchev–Trinajstić information content (AvgIpc) is 3.23. The fourth-order valence-electron chi connectivity index (χ4n) is 1.93. The Morgan fingerprint density at radius 2 is 2.15 bits per heavy atom. The van der Waals surface area contributed by atoms with Crippen LogP contribution in [0.5, 0.6) is 0 Å². The molecule has 0 saturated carbocycles. The minimum absolute atomic E-state index is 0.0107. The molecule has 4 N–H and O–H groups in total. The molecule has 1 aliphatic rings. The lowest BCUT2D eigenvalue weighted by molar-refractivity contribution is -0.153. The Hall–Kier alpha value is -1.18. The Bertz CT molecular complexity index is 342. The summed E-state index contributed by atoms with van der Waals surface area (Å²) < 4.78 is 14.8. The predicted octanol–water partition coefficient (Wildman–Crippen LogP) is -0.436. The van der Waals surface area contributed by atoms with Crippen LogP contribution in [-0.2, 0) is 23.8 Å². The van der Waals surface area contributed by atoms with Crippen molar-refractivity contribution in [3.8, 4) is 0 Å². The highest BCUT2D eigenvalue weighted by molar-refractivity contribution is 5.81. The Kier molecular flexibility index (Phi) is 6.38. The normalized spacial score (nSPS) is 21.7. The summed E-state index contributed by atoms with van der Waals surface area (Å²) in [5.74, 6) is -1.37. The lowest BCUT2D eigenvalue weighted by Crippen LogP contribution is -2.49. The Balaban J connectivity index is 2.52. The standard InChI is InChI=1S/C13H24N2O5/c1-13(15,12(17)20-8-10-7-19-10)6-9(4-3-5-14)11(16)18-2/h9-10H,3-8,14-15H2,1-2H3. The van der Waals surface area contributed by atoms with Gasteiger partial charge in [0.1, 0.15) is 18.2 Å². The zero-order valence-corrected chi connectivity index (χ0v) is 12.1. The van der Waals surface area contributed by atoms with E-state index in [4.69, 9.17) is 25.7 Å². The van der Waals surface area contributed by atoms with Gasteiger partial charge < -0.3 is 25.7 Å². The maximum absolute atomic E-state index is 11.9. The molecule has 0 aliphatic carbocycles. The van der Waals surface area contributed by atoms with E-state index in [0.29, 0.717) is 26.0 Å². The van der Waals surface area contributed by atoms with E-state index in [-0.39, 0.29) is 25.1 Å².